The number of hydrogen-bond acceptors (Lipinski definition) is 7. The molecular weight excluding hydrogens is 400 g/mol. The van der Waals surface area contributed by atoms with Crippen LogP contribution in [0.2, 0.25) is 0 Å². The van der Waals surface area contributed by atoms with Crippen LogP contribution in [0.1, 0.15) is 19.0 Å². The Morgan fingerprint density at radius 1 is 1.32 bits per heavy atom. The van der Waals surface area contributed by atoms with Crippen LogP contribution in [0.25, 0.3) is 11.3 Å². The monoisotopic (exact) mass is 422 g/mol. The Balaban J connectivity index is 1.46. The molecule has 3 aromatic heterocycles. The van der Waals surface area contributed by atoms with E-state index in [0.717, 1.165) is 16.2 Å². The molecular formula is C21H22N6O4. The zero-order valence-electron chi connectivity index (χ0n) is 17.4. The number of aromatic nitrogens is 4. The summed E-state index contributed by atoms with van der Waals surface area (Å²) >= 11 is 0. The first-order valence-electron chi connectivity index (χ1n) is 9.69. The topological polar surface area (TPSA) is 122 Å². The average Bonchev–Trinajstić information content (AvgIpc) is 3.27. The van der Waals surface area contributed by atoms with Gasteiger partial charge in [-0.3, -0.25) is 24.7 Å². The molecule has 0 aromatic carbocycles. The lowest BCUT2D eigenvalue weighted by Gasteiger charge is -2.18. The number of aliphatic hydroxyl groups is 1. The van der Waals surface area contributed by atoms with Crippen molar-refractivity contribution in [1.82, 2.24) is 24.6 Å². The summed E-state index contributed by atoms with van der Waals surface area (Å²) in [6.07, 6.45) is 5.43. The maximum atomic E-state index is 12.4. The third-order valence-electron chi connectivity index (χ3n) is 5.01. The van der Waals surface area contributed by atoms with E-state index >= 15 is 0 Å². The highest BCUT2D eigenvalue weighted by Crippen LogP contribution is 2.28. The maximum absolute atomic E-state index is 12.4. The molecule has 10 heteroatoms. The number of nitrogens with zero attached hydrogens (tertiary/aromatic N) is 5. The summed E-state index contributed by atoms with van der Waals surface area (Å²) < 4.78 is 7.64. The molecule has 3 amide bonds. The molecule has 160 valence electrons. The molecule has 0 saturated carbocycles. The van der Waals surface area contributed by atoms with Gasteiger partial charge in [-0.15, -0.1) is 0 Å². The van der Waals surface area contributed by atoms with Crippen LogP contribution in [0.15, 0.2) is 42.9 Å². The Morgan fingerprint density at radius 3 is 2.77 bits per heavy atom. The van der Waals surface area contributed by atoms with Crippen LogP contribution >= 0.6 is 0 Å². The van der Waals surface area contributed by atoms with E-state index in [1.165, 1.54) is 6.92 Å². The van der Waals surface area contributed by atoms with Crippen molar-refractivity contribution in [3.8, 4) is 22.8 Å². The van der Waals surface area contributed by atoms with Gasteiger partial charge in [-0.1, -0.05) is 0 Å². The fourth-order valence-corrected chi connectivity index (χ4v) is 3.24. The molecule has 1 aliphatic heterocycles. The summed E-state index contributed by atoms with van der Waals surface area (Å²) in [5, 5.41) is 16.7. The zero-order chi connectivity index (χ0) is 22.2. The minimum Gasteiger partial charge on any atom is -0.455 e. The smallest absolute Gasteiger partial charge is 0.329 e. The van der Waals surface area contributed by atoms with Crippen LogP contribution in [-0.2, 0) is 11.8 Å². The van der Waals surface area contributed by atoms with Crippen molar-refractivity contribution in [2.45, 2.75) is 25.9 Å². The Bertz CT molecular complexity index is 1160. The van der Waals surface area contributed by atoms with E-state index in [-0.39, 0.29) is 18.8 Å². The number of nitrogens with one attached hydrogen (secondary N) is 1. The van der Waals surface area contributed by atoms with Crippen molar-refractivity contribution < 1.29 is 19.4 Å². The predicted molar refractivity (Wildman–Crippen MR) is 111 cm³/mol. The van der Waals surface area contributed by atoms with Crippen molar-refractivity contribution in [1.29, 1.82) is 0 Å². The number of hydrogen-bond donors (Lipinski definition) is 2. The number of pyridine rings is 2. The van der Waals surface area contributed by atoms with Crippen LogP contribution < -0.4 is 10.1 Å². The summed E-state index contributed by atoms with van der Waals surface area (Å²) in [6, 6.07) is 6.18. The molecule has 10 nitrogen and oxygen atoms in total. The SMILES string of the molecule is Cc1nc(NC(=O)N2CCC(C)(O)C2=O)ccc1Oc1ccnc(-c2cnn(C)c2)c1. The number of rotatable bonds is 4. The first-order valence-corrected chi connectivity index (χ1v) is 9.69. The minimum atomic E-state index is -1.52. The highest BCUT2D eigenvalue weighted by Gasteiger charge is 2.43. The Hall–Kier alpha value is -3.79. The van der Waals surface area contributed by atoms with Crippen molar-refractivity contribution in [2.24, 2.45) is 7.05 Å². The number of carbonyl (C=O) groups excluding carboxylic acids is 2. The quantitative estimate of drug-likeness (QED) is 0.662. The second-order valence-electron chi connectivity index (χ2n) is 7.57. The van der Waals surface area contributed by atoms with E-state index < -0.39 is 17.5 Å². The Morgan fingerprint density at radius 2 is 2.13 bits per heavy atom. The average molecular weight is 422 g/mol. The van der Waals surface area contributed by atoms with Crippen LogP contribution in [-0.4, -0.2) is 53.8 Å². The first-order chi connectivity index (χ1) is 14.7. The number of carbonyl (C=O) groups is 2. The van der Waals surface area contributed by atoms with Gasteiger partial charge in [0.1, 0.15) is 22.9 Å². The van der Waals surface area contributed by atoms with E-state index in [1.54, 1.807) is 48.3 Å². The van der Waals surface area contributed by atoms with Crippen LogP contribution in [0.4, 0.5) is 10.6 Å². The summed E-state index contributed by atoms with van der Waals surface area (Å²) in [6.45, 7) is 3.30. The summed E-state index contributed by atoms with van der Waals surface area (Å²) in [7, 11) is 1.83. The number of anilines is 1. The minimum absolute atomic E-state index is 0.152. The normalized spacial score (nSPS) is 18.3. The van der Waals surface area contributed by atoms with Gasteiger partial charge in [0.15, 0.2) is 0 Å². The highest BCUT2D eigenvalue weighted by molar-refractivity contribution is 6.04. The highest BCUT2D eigenvalue weighted by atomic mass is 16.5. The maximum Gasteiger partial charge on any atom is 0.329 e. The van der Waals surface area contributed by atoms with Crippen molar-refractivity contribution in [2.75, 3.05) is 11.9 Å². The van der Waals surface area contributed by atoms with Gasteiger partial charge in [0.05, 0.1) is 17.6 Å². The lowest BCUT2D eigenvalue weighted by atomic mass is 10.1. The van der Waals surface area contributed by atoms with Crippen LogP contribution in [0.3, 0.4) is 0 Å². The number of likely N-dealkylation sites (tertiary alicyclic amines) is 1. The molecule has 1 unspecified atom stereocenters. The van der Waals surface area contributed by atoms with E-state index in [9.17, 15) is 14.7 Å². The van der Waals surface area contributed by atoms with Gasteiger partial charge in [0, 0.05) is 44.0 Å². The van der Waals surface area contributed by atoms with Crippen molar-refractivity contribution in [3.63, 3.8) is 0 Å². The van der Waals surface area contributed by atoms with Crippen LogP contribution in [0, 0.1) is 6.92 Å². The second-order valence-corrected chi connectivity index (χ2v) is 7.57. The molecule has 1 aliphatic rings. The third-order valence-corrected chi connectivity index (χ3v) is 5.01. The molecule has 1 saturated heterocycles. The molecule has 0 radical (unpaired) electrons. The number of amides is 3. The number of urea groups is 1. The van der Waals surface area contributed by atoms with Gasteiger partial charge in [0.2, 0.25) is 0 Å². The van der Waals surface area contributed by atoms with Gasteiger partial charge in [-0.25, -0.2) is 9.78 Å². The lowest BCUT2D eigenvalue weighted by Crippen LogP contribution is -2.42. The molecule has 0 spiro atoms. The first kappa shape index (κ1) is 20.5. The summed E-state index contributed by atoms with van der Waals surface area (Å²) in [5.41, 5.74) is 0.636. The van der Waals surface area contributed by atoms with Gasteiger partial charge in [-0.05, 0) is 32.0 Å². The molecule has 3 aromatic rings. The van der Waals surface area contributed by atoms with E-state index in [0.29, 0.717) is 17.2 Å². The molecule has 1 atom stereocenters. The van der Waals surface area contributed by atoms with Gasteiger partial charge in [0.25, 0.3) is 5.91 Å². The third kappa shape index (κ3) is 4.24. The van der Waals surface area contributed by atoms with Crippen molar-refractivity contribution in [3.05, 3.63) is 48.5 Å². The lowest BCUT2D eigenvalue weighted by molar-refractivity contribution is -0.139. The molecule has 1 fully saturated rings. The molecule has 0 bridgehead atoms. The number of ether oxygens (including phenoxy) is 1. The van der Waals surface area contributed by atoms with E-state index in [1.807, 2.05) is 13.2 Å². The molecule has 31 heavy (non-hydrogen) atoms. The van der Waals surface area contributed by atoms with Gasteiger partial charge < -0.3 is 9.84 Å². The summed E-state index contributed by atoms with van der Waals surface area (Å²) in [5.74, 6) is 0.755. The standard InChI is InChI=1S/C21H22N6O4/c1-13-17(31-15-6-8-22-16(10-15)14-11-23-26(3)12-14)4-5-18(24-13)25-20(29)27-9-7-21(2,30)19(27)28/h4-6,8,10-12,30H,7,9H2,1-3H3,(H,24,25,29). The zero-order valence-corrected chi connectivity index (χ0v) is 17.4. The molecule has 4 rings (SSSR count). The number of imide groups is 1. The Kier molecular flexibility index (Phi) is 5.15. The van der Waals surface area contributed by atoms with Gasteiger partial charge >= 0.3 is 6.03 Å². The van der Waals surface area contributed by atoms with E-state index in [4.69, 9.17) is 4.74 Å². The van der Waals surface area contributed by atoms with E-state index in [2.05, 4.69) is 20.4 Å². The Labute approximate surface area is 178 Å². The second kappa shape index (κ2) is 7.80. The van der Waals surface area contributed by atoms with Gasteiger partial charge in [-0.2, -0.15) is 5.10 Å². The summed E-state index contributed by atoms with van der Waals surface area (Å²) in [4.78, 5) is 34.1. The van der Waals surface area contributed by atoms with Crippen LogP contribution in [0.5, 0.6) is 11.5 Å². The number of aryl methyl sites for hydroxylation is 2. The predicted octanol–water partition coefficient (Wildman–Crippen LogP) is 2.49. The molecule has 2 N–H and O–H groups in total. The molecule has 4 heterocycles. The van der Waals surface area contributed by atoms with Crippen molar-refractivity contribution >= 4 is 17.8 Å². The molecule has 0 aliphatic carbocycles. The largest absolute Gasteiger partial charge is 0.455 e. The fraction of sp³-hybridized carbons (Fsp3) is 0.286. The fourth-order valence-electron chi connectivity index (χ4n) is 3.24.